The molecule has 0 radical (unpaired) electrons. The Balaban J connectivity index is 1.87. The molecule has 2 N–H and O–H groups in total. The molecule has 2 aliphatic heterocycles. The lowest BCUT2D eigenvalue weighted by Gasteiger charge is -2.48. The second-order valence-electron chi connectivity index (χ2n) is 6.99. The fourth-order valence-electron chi connectivity index (χ4n) is 3.85. The molecule has 0 aromatic rings. The molecule has 2 fully saturated rings. The van der Waals surface area contributed by atoms with Crippen LogP contribution in [-0.2, 0) is 0 Å². The molecule has 118 valence electrons. The topological polar surface area (TPSA) is 35.7 Å². The summed E-state index contributed by atoms with van der Waals surface area (Å²) in [6.45, 7) is 10.4. The van der Waals surface area contributed by atoms with Crippen molar-refractivity contribution in [1.82, 2.24) is 14.7 Å². The van der Waals surface area contributed by atoms with Crippen molar-refractivity contribution in [3.8, 4) is 0 Å². The van der Waals surface area contributed by atoms with E-state index in [1.165, 1.54) is 65.0 Å². The van der Waals surface area contributed by atoms with Gasteiger partial charge in [0.1, 0.15) is 0 Å². The second-order valence-corrected chi connectivity index (χ2v) is 6.99. The molecule has 0 atom stereocenters. The Morgan fingerprint density at radius 3 is 2.25 bits per heavy atom. The lowest BCUT2D eigenvalue weighted by Crippen LogP contribution is -2.59. The zero-order valence-corrected chi connectivity index (χ0v) is 13.8. The summed E-state index contributed by atoms with van der Waals surface area (Å²) in [4.78, 5) is 7.61. The molecule has 0 aliphatic carbocycles. The molecule has 2 rings (SSSR count). The Morgan fingerprint density at radius 2 is 1.75 bits per heavy atom. The molecule has 4 nitrogen and oxygen atoms in total. The van der Waals surface area contributed by atoms with Gasteiger partial charge in [0.2, 0.25) is 0 Å². The lowest BCUT2D eigenvalue weighted by atomic mass is 9.84. The van der Waals surface area contributed by atoms with Crippen LogP contribution in [0.4, 0.5) is 0 Å². The lowest BCUT2D eigenvalue weighted by molar-refractivity contribution is 0.0292. The van der Waals surface area contributed by atoms with E-state index in [0.717, 1.165) is 12.5 Å². The molecule has 0 aromatic carbocycles. The fourth-order valence-corrected chi connectivity index (χ4v) is 3.85. The van der Waals surface area contributed by atoms with Crippen molar-refractivity contribution in [3.63, 3.8) is 0 Å². The zero-order valence-electron chi connectivity index (χ0n) is 13.8. The van der Waals surface area contributed by atoms with Gasteiger partial charge in [-0.3, -0.25) is 4.90 Å². The molecule has 0 spiro atoms. The molecule has 2 saturated heterocycles. The van der Waals surface area contributed by atoms with Gasteiger partial charge in [-0.25, -0.2) is 0 Å². The predicted molar refractivity (Wildman–Crippen MR) is 86.0 cm³/mol. The molecular weight excluding hydrogens is 248 g/mol. The van der Waals surface area contributed by atoms with Crippen molar-refractivity contribution >= 4 is 0 Å². The summed E-state index contributed by atoms with van der Waals surface area (Å²) in [6, 6.07) is 0. The summed E-state index contributed by atoms with van der Waals surface area (Å²) < 4.78 is 0. The molecule has 0 bridgehead atoms. The summed E-state index contributed by atoms with van der Waals surface area (Å²) in [6.07, 6.45) is 5.17. The Kier molecular flexibility index (Phi) is 5.84. The number of nitrogens with zero attached hydrogens (tertiary/aromatic N) is 3. The van der Waals surface area contributed by atoms with Crippen molar-refractivity contribution in [2.24, 2.45) is 11.7 Å². The van der Waals surface area contributed by atoms with Crippen LogP contribution in [0.25, 0.3) is 0 Å². The van der Waals surface area contributed by atoms with Crippen LogP contribution in [0.15, 0.2) is 0 Å². The van der Waals surface area contributed by atoms with Gasteiger partial charge in [-0.2, -0.15) is 0 Å². The third-order valence-electron chi connectivity index (χ3n) is 5.79. The summed E-state index contributed by atoms with van der Waals surface area (Å²) in [5.74, 6) is 0.865. The van der Waals surface area contributed by atoms with Gasteiger partial charge in [0.15, 0.2) is 0 Å². The number of nitrogens with two attached hydrogens (primary N) is 1. The minimum absolute atomic E-state index is 0.259. The predicted octanol–water partition coefficient (Wildman–Crippen LogP) is 1.07. The van der Waals surface area contributed by atoms with Gasteiger partial charge in [0.05, 0.1) is 0 Å². The Hall–Kier alpha value is -0.160. The van der Waals surface area contributed by atoms with E-state index in [0.29, 0.717) is 0 Å². The molecule has 2 heterocycles. The van der Waals surface area contributed by atoms with Crippen LogP contribution in [0.2, 0.25) is 0 Å². The largest absolute Gasteiger partial charge is 0.329 e. The first-order chi connectivity index (χ1) is 9.59. The van der Waals surface area contributed by atoms with Crippen LogP contribution in [0.5, 0.6) is 0 Å². The Labute approximate surface area is 125 Å². The van der Waals surface area contributed by atoms with Gasteiger partial charge >= 0.3 is 0 Å². The minimum Gasteiger partial charge on any atom is -0.329 e. The smallest absolute Gasteiger partial charge is 0.0353 e. The van der Waals surface area contributed by atoms with Crippen molar-refractivity contribution in [2.45, 2.75) is 38.1 Å². The summed E-state index contributed by atoms with van der Waals surface area (Å²) in [7, 11) is 4.55. The molecule has 0 saturated carbocycles. The summed E-state index contributed by atoms with van der Waals surface area (Å²) in [5.41, 5.74) is 6.44. The van der Waals surface area contributed by atoms with Gasteiger partial charge in [-0.15, -0.1) is 0 Å². The number of hydrogen-bond acceptors (Lipinski definition) is 4. The molecule has 0 aromatic heterocycles. The third kappa shape index (κ3) is 3.73. The Morgan fingerprint density at radius 1 is 1.15 bits per heavy atom. The van der Waals surface area contributed by atoms with Gasteiger partial charge in [0, 0.05) is 18.6 Å². The van der Waals surface area contributed by atoms with E-state index in [9.17, 15) is 0 Å². The highest BCUT2D eigenvalue weighted by Gasteiger charge is 2.37. The number of likely N-dealkylation sites (tertiary alicyclic amines) is 2. The van der Waals surface area contributed by atoms with Gasteiger partial charge in [-0.1, -0.05) is 6.92 Å². The first kappa shape index (κ1) is 16.2. The van der Waals surface area contributed by atoms with E-state index in [1.54, 1.807) is 0 Å². The van der Waals surface area contributed by atoms with Gasteiger partial charge in [-0.05, 0) is 78.4 Å². The van der Waals surface area contributed by atoms with Gasteiger partial charge in [0.25, 0.3) is 0 Å². The maximum atomic E-state index is 6.18. The standard InChI is InChI=1S/C16H34N4/c1-4-20-11-7-16(14-17,8-12-20)19(3)13-15-5-9-18(2)10-6-15/h15H,4-14,17H2,1-3H3. The number of piperidine rings is 2. The first-order valence-corrected chi connectivity index (χ1v) is 8.42. The van der Waals surface area contributed by atoms with E-state index >= 15 is 0 Å². The van der Waals surface area contributed by atoms with Crippen LogP contribution >= 0.6 is 0 Å². The number of rotatable bonds is 5. The molecule has 2 aliphatic rings. The van der Waals surface area contributed by atoms with E-state index < -0.39 is 0 Å². The highest BCUT2D eigenvalue weighted by molar-refractivity contribution is 4.95. The average molecular weight is 282 g/mol. The zero-order chi connectivity index (χ0) is 14.6. The van der Waals surface area contributed by atoms with Crippen molar-refractivity contribution in [2.75, 3.05) is 59.9 Å². The summed E-state index contributed by atoms with van der Waals surface area (Å²) >= 11 is 0. The van der Waals surface area contributed by atoms with Crippen LogP contribution in [0.1, 0.15) is 32.6 Å². The van der Waals surface area contributed by atoms with Crippen molar-refractivity contribution < 1.29 is 0 Å². The van der Waals surface area contributed by atoms with E-state index in [4.69, 9.17) is 5.73 Å². The van der Waals surface area contributed by atoms with E-state index in [1.807, 2.05) is 0 Å². The monoisotopic (exact) mass is 282 g/mol. The third-order valence-corrected chi connectivity index (χ3v) is 5.79. The van der Waals surface area contributed by atoms with E-state index in [-0.39, 0.29) is 5.54 Å². The quantitative estimate of drug-likeness (QED) is 0.818. The van der Waals surface area contributed by atoms with E-state index in [2.05, 4.69) is 35.7 Å². The Bertz CT molecular complexity index is 278. The maximum Gasteiger partial charge on any atom is 0.0353 e. The highest BCUT2D eigenvalue weighted by atomic mass is 15.2. The SMILES string of the molecule is CCN1CCC(CN)(N(C)CC2CCN(C)CC2)CC1. The number of likely N-dealkylation sites (N-methyl/N-ethyl adjacent to an activating group) is 1. The van der Waals surface area contributed by atoms with Gasteiger partial charge < -0.3 is 15.5 Å². The summed E-state index contributed by atoms with van der Waals surface area (Å²) in [5, 5.41) is 0. The molecule has 20 heavy (non-hydrogen) atoms. The van der Waals surface area contributed by atoms with Crippen LogP contribution in [0, 0.1) is 5.92 Å². The van der Waals surface area contributed by atoms with Crippen LogP contribution in [0.3, 0.4) is 0 Å². The first-order valence-electron chi connectivity index (χ1n) is 8.42. The normalized spacial score (nSPS) is 26.2. The van der Waals surface area contributed by atoms with Crippen LogP contribution < -0.4 is 5.73 Å². The van der Waals surface area contributed by atoms with Crippen LogP contribution in [-0.4, -0.2) is 80.1 Å². The van der Waals surface area contributed by atoms with Crippen molar-refractivity contribution in [3.05, 3.63) is 0 Å². The average Bonchev–Trinajstić information content (AvgIpc) is 2.49. The molecule has 0 amide bonds. The van der Waals surface area contributed by atoms with Crippen molar-refractivity contribution in [1.29, 1.82) is 0 Å². The minimum atomic E-state index is 0.259. The molecule has 4 heteroatoms. The fraction of sp³-hybridized carbons (Fsp3) is 1.00. The molecule has 0 unspecified atom stereocenters. The molecular formula is C16H34N4. The highest BCUT2D eigenvalue weighted by Crippen LogP contribution is 2.29. The second kappa shape index (κ2) is 7.21. The maximum absolute atomic E-state index is 6.18. The number of hydrogen-bond donors (Lipinski definition) is 1.